The molecule has 0 aromatic heterocycles. The molecule has 5 nitrogen and oxygen atoms in total. The number of benzene rings is 1. The van der Waals surface area contributed by atoms with Gasteiger partial charge < -0.3 is 25.0 Å². The summed E-state index contributed by atoms with van der Waals surface area (Å²) in [6.07, 6.45) is 1.08. The third-order valence-electron chi connectivity index (χ3n) is 3.60. The van der Waals surface area contributed by atoms with Crippen LogP contribution < -0.4 is 20.3 Å². The van der Waals surface area contributed by atoms with E-state index in [1.807, 2.05) is 12.1 Å². The first-order chi connectivity index (χ1) is 10.7. The van der Waals surface area contributed by atoms with Crippen LogP contribution in [0.15, 0.2) is 18.2 Å². The summed E-state index contributed by atoms with van der Waals surface area (Å²) in [6, 6.07) is 5.50. The lowest BCUT2D eigenvalue weighted by Gasteiger charge is -2.23. The molecule has 1 saturated heterocycles. The summed E-state index contributed by atoms with van der Waals surface area (Å²) in [5, 5.41) is 7.52. The first kappa shape index (κ1) is 17.3. The number of anilines is 1. The van der Waals surface area contributed by atoms with Crippen molar-refractivity contribution in [1.29, 1.82) is 0 Å². The van der Waals surface area contributed by atoms with Crippen LogP contribution in [0.4, 0.5) is 5.69 Å². The second-order valence-electron chi connectivity index (χ2n) is 5.20. The Hall–Kier alpha value is -1.08. The van der Waals surface area contributed by atoms with Crippen LogP contribution in [-0.2, 0) is 4.74 Å². The molecular formula is C15H23ClN3O2S+. The zero-order chi connectivity index (χ0) is 15.8. The molecule has 0 bridgehead atoms. The minimum atomic E-state index is 0.561. The molecule has 2 rings (SSSR count). The fraction of sp³-hybridized carbons (Fsp3) is 0.533. The van der Waals surface area contributed by atoms with E-state index in [1.54, 1.807) is 18.1 Å². The van der Waals surface area contributed by atoms with Gasteiger partial charge in [-0.25, -0.2) is 0 Å². The minimum absolute atomic E-state index is 0.561. The van der Waals surface area contributed by atoms with Gasteiger partial charge in [-0.15, -0.1) is 0 Å². The molecule has 3 N–H and O–H groups in total. The highest BCUT2D eigenvalue weighted by Crippen LogP contribution is 2.27. The molecule has 0 aliphatic carbocycles. The fourth-order valence-corrected chi connectivity index (χ4v) is 2.85. The summed E-state index contributed by atoms with van der Waals surface area (Å²) in [6.45, 7) is 5.97. The number of quaternary nitrogens is 1. The molecule has 0 atom stereocenters. The number of nitrogens with one attached hydrogen (secondary N) is 3. The zero-order valence-corrected chi connectivity index (χ0v) is 14.4. The fourth-order valence-electron chi connectivity index (χ4n) is 2.37. The molecule has 1 fully saturated rings. The van der Waals surface area contributed by atoms with Crippen molar-refractivity contribution in [2.75, 3.05) is 51.8 Å². The molecule has 1 heterocycles. The van der Waals surface area contributed by atoms with E-state index in [2.05, 4.69) is 10.6 Å². The van der Waals surface area contributed by atoms with Crippen molar-refractivity contribution in [2.24, 2.45) is 0 Å². The van der Waals surface area contributed by atoms with Crippen molar-refractivity contribution in [1.82, 2.24) is 5.32 Å². The van der Waals surface area contributed by atoms with Gasteiger partial charge in [0.25, 0.3) is 0 Å². The summed E-state index contributed by atoms with van der Waals surface area (Å²) in [5.41, 5.74) is 0.849. The topological polar surface area (TPSA) is 47.0 Å². The molecular weight excluding hydrogens is 322 g/mol. The average Bonchev–Trinajstić information content (AvgIpc) is 2.53. The second-order valence-corrected chi connectivity index (χ2v) is 6.01. The van der Waals surface area contributed by atoms with Gasteiger partial charge in [0.2, 0.25) is 0 Å². The van der Waals surface area contributed by atoms with Gasteiger partial charge in [0.1, 0.15) is 18.8 Å². The molecule has 0 amide bonds. The van der Waals surface area contributed by atoms with Gasteiger partial charge in [-0.3, -0.25) is 0 Å². The van der Waals surface area contributed by atoms with Crippen molar-refractivity contribution >= 4 is 34.6 Å². The van der Waals surface area contributed by atoms with Gasteiger partial charge in [0, 0.05) is 18.7 Å². The summed E-state index contributed by atoms with van der Waals surface area (Å²) in [5.74, 6) is 0.652. The third kappa shape index (κ3) is 5.61. The number of halogens is 1. The number of ether oxygens (including phenoxy) is 2. The van der Waals surface area contributed by atoms with Gasteiger partial charge in [-0.1, -0.05) is 11.6 Å². The Bertz CT molecular complexity index is 496. The van der Waals surface area contributed by atoms with E-state index in [-0.39, 0.29) is 0 Å². The minimum Gasteiger partial charge on any atom is -0.495 e. The quantitative estimate of drug-likeness (QED) is 0.529. The number of hydrogen-bond donors (Lipinski definition) is 3. The van der Waals surface area contributed by atoms with Crippen molar-refractivity contribution in [3.63, 3.8) is 0 Å². The smallest absolute Gasteiger partial charge is 0.170 e. The maximum absolute atomic E-state index is 6.08. The SMILES string of the molecule is COc1ccc(NC(=S)NCCC[NH+]2CCOCC2)cc1Cl. The molecule has 1 aromatic rings. The molecule has 7 heteroatoms. The van der Waals surface area contributed by atoms with Crippen LogP contribution in [-0.4, -0.2) is 51.6 Å². The predicted molar refractivity (Wildman–Crippen MR) is 93.2 cm³/mol. The maximum atomic E-state index is 6.08. The largest absolute Gasteiger partial charge is 0.495 e. The van der Waals surface area contributed by atoms with Crippen LogP contribution in [0.1, 0.15) is 6.42 Å². The molecule has 122 valence electrons. The number of morpholine rings is 1. The van der Waals surface area contributed by atoms with Gasteiger partial charge in [0.15, 0.2) is 5.11 Å². The van der Waals surface area contributed by atoms with Crippen LogP contribution in [0, 0.1) is 0 Å². The highest BCUT2D eigenvalue weighted by molar-refractivity contribution is 7.80. The van der Waals surface area contributed by atoms with Crippen molar-refractivity contribution < 1.29 is 14.4 Å². The molecule has 0 spiro atoms. The number of thiocarbonyl (C=S) groups is 1. The first-order valence-corrected chi connectivity index (χ1v) is 8.27. The van der Waals surface area contributed by atoms with E-state index >= 15 is 0 Å². The lowest BCUT2D eigenvalue weighted by atomic mass is 10.3. The normalized spacial score (nSPS) is 15.4. The summed E-state index contributed by atoms with van der Waals surface area (Å²) < 4.78 is 10.5. The van der Waals surface area contributed by atoms with E-state index < -0.39 is 0 Å². The van der Waals surface area contributed by atoms with Crippen LogP contribution in [0.2, 0.25) is 5.02 Å². The third-order valence-corrected chi connectivity index (χ3v) is 4.14. The van der Waals surface area contributed by atoms with E-state index in [1.165, 1.54) is 0 Å². The average molecular weight is 345 g/mol. The van der Waals surface area contributed by atoms with Crippen LogP contribution in [0.3, 0.4) is 0 Å². The molecule has 0 unspecified atom stereocenters. The van der Waals surface area contributed by atoms with Crippen molar-refractivity contribution in [2.45, 2.75) is 6.42 Å². The van der Waals surface area contributed by atoms with Crippen LogP contribution >= 0.6 is 23.8 Å². The predicted octanol–water partition coefficient (Wildman–Crippen LogP) is 0.940. The molecule has 1 aliphatic rings. The van der Waals surface area contributed by atoms with Gasteiger partial charge >= 0.3 is 0 Å². The lowest BCUT2D eigenvalue weighted by molar-refractivity contribution is -0.908. The monoisotopic (exact) mass is 344 g/mol. The zero-order valence-electron chi connectivity index (χ0n) is 12.8. The van der Waals surface area contributed by atoms with Gasteiger partial charge in [0.05, 0.1) is 31.9 Å². The van der Waals surface area contributed by atoms with E-state index in [9.17, 15) is 0 Å². The summed E-state index contributed by atoms with van der Waals surface area (Å²) in [7, 11) is 1.59. The molecule has 1 aliphatic heterocycles. The number of rotatable bonds is 6. The summed E-state index contributed by atoms with van der Waals surface area (Å²) >= 11 is 11.4. The Kier molecular flexibility index (Phi) is 7.18. The van der Waals surface area contributed by atoms with Crippen molar-refractivity contribution in [3.8, 4) is 5.75 Å². The summed E-state index contributed by atoms with van der Waals surface area (Å²) in [4.78, 5) is 1.61. The number of methoxy groups -OCH3 is 1. The molecule has 0 radical (unpaired) electrons. The Morgan fingerprint density at radius 1 is 1.41 bits per heavy atom. The van der Waals surface area contributed by atoms with Gasteiger partial charge in [-0.05, 0) is 30.4 Å². The molecule has 0 saturated carbocycles. The number of hydrogen-bond acceptors (Lipinski definition) is 3. The highest BCUT2D eigenvalue weighted by atomic mass is 35.5. The Balaban J connectivity index is 1.66. The Morgan fingerprint density at radius 3 is 2.86 bits per heavy atom. The molecule has 1 aromatic carbocycles. The van der Waals surface area contributed by atoms with E-state index in [0.29, 0.717) is 15.9 Å². The van der Waals surface area contributed by atoms with E-state index in [4.69, 9.17) is 33.3 Å². The second kappa shape index (κ2) is 9.15. The highest BCUT2D eigenvalue weighted by Gasteiger charge is 2.12. The maximum Gasteiger partial charge on any atom is 0.170 e. The Morgan fingerprint density at radius 2 is 2.18 bits per heavy atom. The lowest BCUT2D eigenvalue weighted by Crippen LogP contribution is -3.14. The van der Waals surface area contributed by atoms with Gasteiger partial charge in [-0.2, -0.15) is 0 Å². The van der Waals surface area contributed by atoms with Crippen molar-refractivity contribution in [3.05, 3.63) is 23.2 Å². The standard InChI is InChI=1S/C15H22ClN3O2S/c1-20-14-4-3-12(11-13(14)16)18-15(22)17-5-2-6-19-7-9-21-10-8-19/h3-4,11H,2,5-10H2,1H3,(H2,17,18,22)/p+1. The Labute approximate surface area is 141 Å². The van der Waals surface area contributed by atoms with Crippen LogP contribution in [0.5, 0.6) is 5.75 Å². The molecule has 22 heavy (non-hydrogen) atoms. The van der Waals surface area contributed by atoms with E-state index in [0.717, 1.165) is 51.5 Å². The van der Waals surface area contributed by atoms with Crippen LogP contribution in [0.25, 0.3) is 0 Å². The first-order valence-electron chi connectivity index (χ1n) is 7.49.